The van der Waals surface area contributed by atoms with Gasteiger partial charge in [0.2, 0.25) is 0 Å². The summed E-state index contributed by atoms with van der Waals surface area (Å²) >= 11 is 2.00. The zero-order valence-electron chi connectivity index (χ0n) is 13.3. The Labute approximate surface area is 149 Å². The Morgan fingerprint density at radius 2 is 1.87 bits per heavy atom. The lowest BCUT2D eigenvalue weighted by Crippen LogP contribution is -2.14. The number of hydrogen-bond acceptors (Lipinski definition) is 6. The van der Waals surface area contributed by atoms with Gasteiger partial charge >= 0.3 is 0 Å². The highest BCUT2D eigenvalue weighted by Gasteiger charge is 2.15. The van der Waals surface area contributed by atoms with Gasteiger partial charge in [-0.2, -0.15) is 0 Å². The van der Waals surface area contributed by atoms with Gasteiger partial charge in [-0.05, 0) is 40.8 Å². The SMILES string of the molecule is CC(C)(C)c1cccc(C=Nc2cc(N)c(N=CI)nc2N)n1. The van der Waals surface area contributed by atoms with E-state index in [1.165, 1.54) is 0 Å². The van der Waals surface area contributed by atoms with Crippen LogP contribution in [-0.4, -0.2) is 20.4 Å². The van der Waals surface area contributed by atoms with Crippen molar-refractivity contribution in [2.45, 2.75) is 26.2 Å². The third-order valence-corrected chi connectivity index (χ3v) is 3.36. The van der Waals surface area contributed by atoms with Crippen LogP contribution in [0.3, 0.4) is 0 Å². The van der Waals surface area contributed by atoms with Crippen LogP contribution in [0.5, 0.6) is 0 Å². The lowest BCUT2D eigenvalue weighted by Gasteiger charge is -2.17. The van der Waals surface area contributed by atoms with Crippen LogP contribution in [0.4, 0.5) is 23.0 Å². The number of aliphatic imine (C=N–C) groups is 2. The van der Waals surface area contributed by atoms with Crippen LogP contribution in [0, 0.1) is 0 Å². The predicted molar refractivity (Wildman–Crippen MR) is 105 cm³/mol. The molecular formula is C16H19IN6. The van der Waals surface area contributed by atoms with E-state index >= 15 is 0 Å². The average molecular weight is 422 g/mol. The number of pyridine rings is 2. The number of nitrogens with zero attached hydrogens (tertiary/aromatic N) is 4. The highest BCUT2D eigenvalue weighted by Crippen LogP contribution is 2.29. The van der Waals surface area contributed by atoms with Crippen LogP contribution in [-0.2, 0) is 5.41 Å². The first kappa shape index (κ1) is 17.3. The van der Waals surface area contributed by atoms with Crippen LogP contribution in [0.15, 0.2) is 34.3 Å². The molecule has 0 amide bonds. The normalized spacial score (nSPS) is 12.3. The van der Waals surface area contributed by atoms with Gasteiger partial charge in [0.1, 0.15) is 5.69 Å². The van der Waals surface area contributed by atoms with Crippen molar-refractivity contribution in [3.05, 3.63) is 35.7 Å². The minimum absolute atomic E-state index is 0.0199. The van der Waals surface area contributed by atoms with Gasteiger partial charge in [-0.15, -0.1) is 0 Å². The van der Waals surface area contributed by atoms with Crippen molar-refractivity contribution in [2.24, 2.45) is 9.98 Å². The topological polar surface area (TPSA) is 103 Å². The summed E-state index contributed by atoms with van der Waals surface area (Å²) in [5.74, 6) is 0.670. The standard InChI is InChI=1S/C16H19IN6/c1-16(2,3)13-6-4-5-10(22-13)8-20-12-7-11(18)15(21-9-17)23-14(12)19/h4-9H,18H2,1-3H3,(H2,19,23). The van der Waals surface area contributed by atoms with Crippen LogP contribution in [0.25, 0.3) is 0 Å². The molecule has 23 heavy (non-hydrogen) atoms. The molecule has 2 heterocycles. The zero-order chi connectivity index (χ0) is 17.0. The van der Waals surface area contributed by atoms with Gasteiger partial charge in [0, 0.05) is 11.1 Å². The summed E-state index contributed by atoms with van der Waals surface area (Å²) < 4.78 is 1.58. The summed E-state index contributed by atoms with van der Waals surface area (Å²) in [7, 11) is 0. The molecule has 0 aliphatic heterocycles. The van der Waals surface area contributed by atoms with Gasteiger partial charge in [-0.1, -0.05) is 26.8 Å². The minimum atomic E-state index is -0.0199. The van der Waals surface area contributed by atoms with Gasteiger partial charge in [0.05, 0.1) is 21.8 Å². The molecule has 120 valence electrons. The number of nitrogen functional groups attached to an aromatic ring is 2. The lowest BCUT2D eigenvalue weighted by atomic mass is 9.91. The Morgan fingerprint density at radius 3 is 2.52 bits per heavy atom. The summed E-state index contributed by atoms with van der Waals surface area (Å²) in [6.07, 6.45) is 1.66. The molecular weight excluding hydrogens is 403 g/mol. The summed E-state index contributed by atoms with van der Waals surface area (Å²) in [4.78, 5) is 17.1. The molecule has 0 saturated heterocycles. The van der Waals surface area contributed by atoms with E-state index < -0.39 is 0 Å². The molecule has 0 bridgehead atoms. The fourth-order valence-corrected chi connectivity index (χ4v) is 2.12. The first-order valence-corrected chi connectivity index (χ1v) is 8.26. The molecule has 0 spiro atoms. The summed E-state index contributed by atoms with van der Waals surface area (Å²) in [6.45, 7) is 6.35. The van der Waals surface area contributed by atoms with Crippen LogP contribution >= 0.6 is 22.6 Å². The Bertz CT molecular complexity index is 762. The third-order valence-electron chi connectivity index (χ3n) is 3.09. The number of rotatable bonds is 3. The van der Waals surface area contributed by atoms with Crippen LogP contribution in [0.2, 0.25) is 0 Å². The number of aromatic nitrogens is 2. The molecule has 0 unspecified atom stereocenters. The number of halogens is 1. The Hall–Kier alpha value is -2.03. The molecule has 0 radical (unpaired) electrons. The molecule has 0 aliphatic rings. The van der Waals surface area contributed by atoms with E-state index in [4.69, 9.17) is 11.5 Å². The highest BCUT2D eigenvalue weighted by molar-refractivity contribution is 14.1. The maximum absolute atomic E-state index is 5.91. The maximum atomic E-state index is 5.91. The lowest BCUT2D eigenvalue weighted by molar-refractivity contribution is 0.568. The molecule has 0 aromatic carbocycles. The molecule has 0 fully saturated rings. The van der Waals surface area contributed by atoms with E-state index in [1.54, 1.807) is 16.5 Å². The Morgan fingerprint density at radius 1 is 1.13 bits per heavy atom. The number of nitrogens with two attached hydrogens (primary N) is 2. The van der Waals surface area contributed by atoms with Gasteiger partial charge < -0.3 is 11.5 Å². The van der Waals surface area contributed by atoms with E-state index in [-0.39, 0.29) is 11.2 Å². The molecule has 6 nitrogen and oxygen atoms in total. The molecule has 2 aromatic rings. The van der Waals surface area contributed by atoms with E-state index in [0.29, 0.717) is 17.2 Å². The maximum Gasteiger partial charge on any atom is 0.178 e. The van der Waals surface area contributed by atoms with Gasteiger partial charge in [-0.25, -0.2) is 9.98 Å². The Balaban J connectivity index is 2.32. The van der Waals surface area contributed by atoms with Crippen molar-refractivity contribution in [1.29, 1.82) is 0 Å². The number of hydrogen-bond donors (Lipinski definition) is 2. The molecule has 4 N–H and O–H groups in total. The predicted octanol–water partition coefficient (Wildman–Crippen LogP) is 3.78. The molecule has 0 saturated carbocycles. The van der Waals surface area contributed by atoms with Gasteiger partial charge in [-0.3, -0.25) is 9.98 Å². The zero-order valence-corrected chi connectivity index (χ0v) is 15.4. The monoisotopic (exact) mass is 422 g/mol. The summed E-state index contributed by atoms with van der Waals surface area (Å²) in [5.41, 5.74) is 14.5. The molecule has 2 aromatic heterocycles. The second-order valence-corrected chi connectivity index (χ2v) is 6.55. The number of anilines is 2. The molecule has 7 heteroatoms. The Kier molecular flexibility index (Phi) is 5.30. The van der Waals surface area contributed by atoms with Crippen molar-refractivity contribution in [3.63, 3.8) is 0 Å². The van der Waals surface area contributed by atoms with Crippen molar-refractivity contribution in [1.82, 2.24) is 9.97 Å². The highest BCUT2D eigenvalue weighted by atomic mass is 127. The fraction of sp³-hybridized carbons (Fsp3) is 0.250. The third kappa shape index (κ3) is 4.47. The minimum Gasteiger partial charge on any atom is -0.396 e. The van der Waals surface area contributed by atoms with Crippen LogP contribution in [0.1, 0.15) is 32.2 Å². The first-order chi connectivity index (χ1) is 10.8. The largest absolute Gasteiger partial charge is 0.396 e. The summed E-state index contributed by atoms with van der Waals surface area (Å²) in [6, 6.07) is 7.51. The second kappa shape index (κ2) is 7.03. The van der Waals surface area contributed by atoms with E-state index in [2.05, 4.69) is 40.7 Å². The van der Waals surface area contributed by atoms with Crippen molar-refractivity contribution >= 4 is 56.0 Å². The second-order valence-electron chi connectivity index (χ2n) is 5.99. The van der Waals surface area contributed by atoms with E-state index in [9.17, 15) is 0 Å². The first-order valence-electron chi connectivity index (χ1n) is 7.01. The fourth-order valence-electron chi connectivity index (χ4n) is 1.85. The summed E-state index contributed by atoms with van der Waals surface area (Å²) in [5, 5.41) is 0. The van der Waals surface area contributed by atoms with Crippen molar-refractivity contribution in [2.75, 3.05) is 11.5 Å². The van der Waals surface area contributed by atoms with E-state index in [1.807, 2.05) is 40.8 Å². The quantitative estimate of drug-likeness (QED) is 0.581. The average Bonchev–Trinajstić information content (AvgIpc) is 2.49. The van der Waals surface area contributed by atoms with Crippen LogP contribution < -0.4 is 11.5 Å². The molecule has 0 atom stereocenters. The van der Waals surface area contributed by atoms with Crippen molar-refractivity contribution < 1.29 is 0 Å². The molecule has 2 rings (SSSR count). The van der Waals surface area contributed by atoms with E-state index in [0.717, 1.165) is 11.4 Å². The van der Waals surface area contributed by atoms with Gasteiger partial charge in [0.15, 0.2) is 11.6 Å². The van der Waals surface area contributed by atoms with Gasteiger partial charge in [0.25, 0.3) is 0 Å². The molecule has 0 aliphatic carbocycles. The smallest absolute Gasteiger partial charge is 0.178 e. The van der Waals surface area contributed by atoms with Crippen molar-refractivity contribution in [3.8, 4) is 0 Å².